The maximum Gasteiger partial charge on any atom is 0.243 e. The summed E-state index contributed by atoms with van der Waals surface area (Å²) in [7, 11) is -3.43. The Balaban J connectivity index is 2.16. The maximum absolute atomic E-state index is 12.6. The minimum absolute atomic E-state index is 0.00633. The third kappa shape index (κ3) is 3.38. The molecular weight excluding hydrogens is 276 g/mol. The quantitative estimate of drug-likeness (QED) is 0.890. The molecule has 0 aliphatic carbocycles. The Bertz CT molecular complexity index is 526. The molecule has 1 unspecified atom stereocenters. The fourth-order valence-corrected chi connectivity index (χ4v) is 3.95. The van der Waals surface area contributed by atoms with Gasteiger partial charge < -0.3 is 10.5 Å². The van der Waals surface area contributed by atoms with Gasteiger partial charge in [0, 0.05) is 26.2 Å². The molecule has 0 aromatic heterocycles. The first-order valence-corrected chi connectivity index (χ1v) is 8.42. The van der Waals surface area contributed by atoms with E-state index in [2.05, 4.69) is 0 Å². The van der Waals surface area contributed by atoms with Gasteiger partial charge >= 0.3 is 0 Å². The van der Waals surface area contributed by atoms with Gasteiger partial charge in [-0.15, -0.1) is 0 Å². The van der Waals surface area contributed by atoms with E-state index in [1.165, 1.54) is 4.31 Å². The van der Waals surface area contributed by atoms with Crippen molar-refractivity contribution in [2.75, 3.05) is 19.7 Å². The molecule has 1 aromatic carbocycles. The molecule has 1 aromatic rings. The second kappa shape index (κ2) is 6.67. The van der Waals surface area contributed by atoms with Crippen LogP contribution in [-0.4, -0.2) is 38.5 Å². The van der Waals surface area contributed by atoms with Crippen molar-refractivity contribution in [2.24, 2.45) is 5.73 Å². The van der Waals surface area contributed by atoms with E-state index in [9.17, 15) is 8.42 Å². The van der Waals surface area contributed by atoms with Crippen molar-refractivity contribution < 1.29 is 13.2 Å². The second-order valence-corrected chi connectivity index (χ2v) is 6.87. The number of nitrogens with two attached hydrogens (primary N) is 1. The summed E-state index contributed by atoms with van der Waals surface area (Å²) in [6, 6.07) is 6.78. The molecule has 0 saturated carbocycles. The summed E-state index contributed by atoms with van der Waals surface area (Å²) in [6.45, 7) is 3.96. The van der Waals surface area contributed by atoms with Crippen LogP contribution in [0.5, 0.6) is 0 Å². The molecule has 1 atom stereocenters. The van der Waals surface area contributed by atoms with Crippen LogP contribution in [0.3, 0.4) is 0 Å². The van der Waals surface area contributed by atoms with E-state index in [0.29, 0.717) is 31.1 Å². The van der Waals surface area contributed by atoms with Crippen LogP contribution in [0.25, 0.3) is 0 Å². The summed E-state index contributed by atoms with van der Waals surface area (Å²) >= 11 is 0. The first-order chi connectivity index (χ1) is 9.57. The molecular formula is C14H22N2O3S. The van der Waals surface area contributed by atoms with E-state index in [1.54, 1.807) is 24.3 Å². The van der Waals surface area contributed by atoms with Gasteiger partial charge in [-0.05, 0) is 37.5 Å². The van der Waals surface area contributed by atoms with Gasteiger partial charge in [0.05, 0.1) is 11.0 Å². The van der Waals surface area contributed by atoms with Gasteiger partial charge in [-0.1, -0.05) is 12.1 Å². The zero-order valence-corrected chi connectivity index (χ0v) is 12.6. The van der Waals surface area contributed by atoms with Crippen LogP contribution in [0.15, 0.2) is 29.2 Å². The zero-order valence-electron chi connectivity index (χ0n) is 11.8. The standard InChI is InChI=1S/C14H22N2O3S/c1-2-19-13-4-3-9-16(11-13)20(17,18)14-7-5-12(10-15)6-8-14/h5-8,13H,2-4,9-11,15H2,1H3. The van der Waals surface area contributed by atoms with Gasteiger partial charge in [0.2, 0.25) is 10.0 Å². The normalized spacial score (nSPS) is 21.0. The lowest BCUT2D eigenvalue weighted by molar-refractivity contribution is 0.0265. The number of rotatable bonds is 5. The van der Waals surface area contributed by atoms with E-state index >= 15 is 0 Å². The topological polar surface area (TPSA) is 72.6 Å². The Labute approximate surface area is 120 Å². The summed E-state index contributed by atoms with van der Waals surface area (Å²) in [4.78, 5) is 0.326. The Kier molecular flexibility index (Phi) is 5.15. The molecule has 112 valence electrons. The van der Waals surface area contributed by atoms with Crippen LogP contribution in [0.2, 0.25) is 0 Å². The highest BCUT2D eigenvalue weighted by atomic mass is 32.2. The minimum Gasteiger partial charge on any atom is -0.377 e. The summed E-state index contributed by atoms with van der Waals surface area (Å²) in [5, 5.41) is 0. The molecule has 0 bridgehead atoms. The van der Waals surface area contributed by atoms with Crippen LogP contribution in [0, 0.1) is 0 Å². The SMILES string of the molecule is CCOC1CCCN(S(=O)(=O)c2ccc(CN)cc2)C1. The van der Waals surface area contributed by atoms with E-state index < -0.39 is 10.0 Å². The zero-order chi connectivity index (χ0) is 14.6. The van der Waals surface area contributed by atoms with Crippen LogP contribution >= 0.6 is 0 Å². The van der Waals surface area contributed by atoms with Crippen LogP contribution in [0.4, 0.5) is 0 Å². The molecule has 20 heavy (non-hydrogen) atoms. The third-order valence-electron chi connectivity index (χ3n) is 3.54. The van der Waals surface area contributed by atoms with E-state index in [4.69, 9.17) is 10.5 Å². The van der Waals surface area contributed by atoms with Gasteiger partial charge in [0.15, 0.2) is 0 Å². The van der Waals surface area contributed by atoms with Crippen molar-refractivity contribution in [1.82, 2.24) is 4.31 Å². The number of hydrogen-bond donors (Lipinski definition) is 1. The highest BCUT2D eigenvalue weighted by molar-refractivity contribution is 7.89. The van der Waals surface area contributed by atoms with Crippen molar-refractivity contribution in [2.45, 2.75) is 37.3 Å². The molecule has 1 saturated heterocycles. The summed E-state index contributed by atoms with van der Waals surface area (Å²) < 4.78 is 32.2. The average molecular weight is 298 g/mol. The molecule has 0 amide bonds. The first-order valence-electron chi connectivity index (χ1n) is 6.98. The number of nitrogens with zero attached hydrogens (tertiary/aromatic N) is 1. The fourth-order valence-electron chi connectivity index (χ4n) is 2.44. The van der Waals surface area contributed by atoms with Crippen LogP contribution in [-0.2, 0) is 21.3 Å². The lowest BCUT2D eigenvalue weighted by atomic mass is 10.1. The molecule has 2 rings (SSSR count). The average Bonchev–Trinajstić information content (AvgIpc) is 2.48. The molecule has 0 spiro atoms. The Hall–Kier alpha value is -0.950. The predicted octanol–water partition coefficient (Wildman–Crippen LogP) is 1.33. The highest BCUT2D eigenvalue weighted by Crippen LogP contribution is 2.22. The predicted molar refractivity (Wildman–Crippen MR) is 77.7 cm³/mol. The molecule has 1 heterocycles. The van der Waals surface area contributed by atoms with Crippen molar-refractivity contribution in [3.05, 3.63) is 29.8 Å². The molecule has 5 nitrogen and oxygen atoms in total. The largest absolute Gasteiger partial charge is 0.377 e. The monoisotopic (exact) mass is 298 g/mol. The van der Waals surface area contributed by atoms with Gasteiger partial charge in [-0.3, -0.25) is 0 Å². The van der Waals surface area contributed by atoms with E-state index in [1.807, 2.05) is 6.92 Å². The number of piperidine rings is 1. The van der Waals surface area contributed by atoms with Gasteiger partial charge in [0.25, 0.3) is 0 Å². The summed E-state index contributed by atoms with van der Waals surface area (Å²) in [5.74, 6) is 0. The molecule has 2 N–H and O–H groups in total. The van der Waals surface area contributed by atoms with Crippen molar-refractivity contribution in [3.8, 4) is 0 Å². The van der Waals surface area contributed by atoms with E-state index in [-0.39, 0.29) is 6.10 Å². The molecule has 1 aliphatic rings. The minimum atomic E-state index is -3.43. The third-order valence-corrected chi connectivity index (χ3v) is 5.42. The van der Waals surface area contributed by atoms with Crippen LogP contribution < -0.4 is 5.73 Å². The van der Waals surface area contributed by atoms with Crippen molar-refractivity contribution in [1.29, 1.82) is 0 Å². The fraction of sp³-hybridized carbons (Fsp3) is 0.571. The van der Waals surface area contributed by atoms with Gasteiger partial charge in [-0.2, -0.15) is 4.31 Å². The van der Waals surface area contributed by atoms with Crippen molar-refractivity contribution >= 4 is 10.0 Å². The molecule has 0 radical (unpaired) electrons. The van der Waals surface area contributed by atoms with Crippen molar-refractivity contribution in [3.63, 3.8) is 0 Å². The van der Waals surface area contributed by atoms with Gasteiger partial charge in [0.1, 0.15) is 0 Å². The Morgan fingerprint density at radius 2 is 2.05 bits per heavy atom. The maximum atomic E-state index is 12.6. The van der Waals surface area contributed by atoms with Gasteiger partial charge in [-0.25, -0.2) is 8.42 Å². The lowest BCUT2D eigenvalue weighted by Crippen LogP contribution is -2.43. The lowest BCUT2D eigenvalue weighted by Gasteiger charge is -2.31. The number of ether oxygens (including phenoxy) is 1. The Morgan fingerprint density at radius 1 is 1.35 bits per heavy atom. The first kappa shape index (κ1) is 15.4. The summed E-state index contributed by atoms with van der Waals surface area (Å²) in [6.07, 6.45) is 1.77. The Morgan fingerprint density at radius 3 is 2.65 bits per heavy atom. The second-order valence-electron chi connectivity index (χ2n) is 4.93. The molecule has 1 fully saturated rings. The number of benzene rings is 1. The number of hydrogen-bond acceptors (Lipinski definition) is 4. The smallest absolute Gasteiger partial charge is 0.243 e. The van der Waals surface area contributed by atoms with E-state index in [0.717, 1.165) is 18.4 Å². The number of sulfonamides is 1. The molecule has 1 aliphatic heterocycles. The highest BCUT2D eigenvalue weighted by Gasteiger charge is 2.30. The van der Waals surface area contributed by atoms with Crippen LogP contribution in [0.1, 0.15) is 25.3 Å². The summed E-state index contributed by atoms with van der Waals surface area (Å²) in [5.41, 5.74) is 6.45. The molecule has 6 heteroatoms.